The normalized spacial score (nSPS) is 11.5. The van der Waals surface area contributed by atoms with E-state index in [9.17, 15) is 5.26 Å². The van der Waals surface area contributed by atoms with Crippen molar-refractivity contribution in [3.63, 3.8) is 0 Å². The molecule has 6 heteroatoms. The van der Waals surface area contributed by atoms with Crippen molar-refractivity contribution in [1.29, 1.82) is 5.26 Å². The number of fused-ring (bicyclic) bond motifs is 6. The van der Waals surface area contributed by atoms with Crippen LogP contribution in [0.3, 0.4) is 0 Å². The summed E-state index contributed by atoms with van der Waals surface area (Å²) in [6.45, 7) is 0. The van der Waals surface area contributed by atoms with Crippen molar-refractivity contribution < 1.29 is 4.42 Å². The number of aromatic nitrogens is 3. The van der Waals surface area contributed by atoms with Crippen LogP contribution in [0, 0.1) is 11.3 Å². The van der Waals surface area contributed by atoms with Gasteiger partial charge in [-0.05, 0) is 47.5 Å². The lowest BCUT2D eigenvalue weighted by Crippen LogP contribution is -2.00. The maximum absolute atomic E-state index is 9.48. The average molecular weight is 607 g/mol. The van der Waals surface area contributed by atoms with Crippen LogP contribution in [0.25, 0.3) is 87.4 Å². The molecule has 46 heavy (non-hydrogen) atoms. The second kappa shape index (κ2) is 10.5. The lowest BCUT2D eigenvalue weighted by Gasteiger charge is -2.09. The molecule has 0 bridgehead atoms. The fourth-order valence-electron chi connectivity index (χ4n) is 6.21. The number of nitriles is 1. The first-order chi connectivity index (χ1) is 22.7. The molecule has 0 radical (unpaired) electrons. The van der Waals surface area contributed by atoms with Crippen molar-refractivity contribution in [2.45, 2.75) is 0 Å². The molecule has 0 N–H and O–H groups in total. The highest BCUT2D eigenvalue weighted by atomic mass is 32.1. The van der Waals surface area contributed by atoms with Crippen molar-refractivity contribution in [1.82, 2.24) is 15.0 Å². The summed E-state index contributed by atoms with van der Waals surface area (Å²) in [5, 5.41) is 13.8. The molecule has 6 aromatic carbocycles. The van der Waals surface area contributed by atoms with Crippen LogP contribution in [0.5, 0.6) is 0 Å². The Kier molecular flexibility index (Phi) is 5.98. The van der Waals surface area contributed by atoms with Crippen LogP contribution in [0.1, 0.15) is 5.56 Å². The summed E-state index contributed by atoms with van der Waals surface area (Å²) >= 11 is 1.65. The van der Waals surface area contributed by atoms with Crippen molar-refractivity contribution in [2.24, 2.45) is 0 Å². The molecule has 0 fully saturated rings. The number of furan rings is 1. The number of benzene rings is 6. The van der Waals surface area contributed by atoms with Gasteiger partial charge in [-0.1, -0.05) is 97.1 Å². The number of nitrogens with zero attached hydrogens (tertiary/aromatic N) is 4. The van der Waals surface area contributed by atoms with E-state index in [1.807, 2.05) is 78.9 Å². The summed E-state index contributed by atoms with van der Waals surface area (Å²) in [6, 6.07) is 47.1. The topological polar surface area (TPSA) is 75.6 Å². The molecule has 0 saturated carbocycles. The van der Waals surface area contributed by atoms with Gasteiger partial charge < -0.3 is 4.42 Å². The third-order valence-electron chi connectivity index (χ3n) is 8.38. The largest absolute Gasteiger partial charge is 0.456 e. The van der Waals surface area contributed by atoms with E-state index >= 15 is 0 Å². The van der Waals surface area contributed by atoms with Gasteiger partial charge in [0.2, 0.25) is 0 Å². The first-order valence-corrected chi connectivity index (χ1v) is 15.7. The van der Waals surface area contributed by atoms with Crippen LogP contribution in [-0.2, 0) is 0 Å². The number of hydrogen-bond donors (Lipinski definition) is 0. The van der Waals surface area contributed by atoms with Gasteiger partial charge in [0.25, 0.3) is 0 Å². The van der Waals surface area contributed by atoms with Crippen molar-refractivity contribution in [3.8, 4) is 51.4 Å². The van der Waals surface area contributed by atoms with Crippen LogP contribution in [0.2, 0.25) is 0 Å². The fourth-order valence-corrected chi connectivity index (χ4v) is 7.46. The van der Waals surface area contributed by atoms with E-state index in [0.29, 0.717) is 23.0 Å². The molecule has 0 amide bonds. The van der Waals surface area contributed by atoms with Gasteiger partial charge >= 0.3 is 0 Å². The van der Waals surface area contributed by atoms with E-state index in [2.05, 4.69) is 60.7 Å². The van der Waals surface area contributed by atoms with Crippen LogP contribution < -0.4 is 0 Å². The van der Waals surface area contributed by atoms with Crippen LogP contribution in [-0.4, -0.2) is 15.0 Å². The molecule has 0 spiro atoms. The minimum Gasteiger partial charge on any atom is -0.456 e. The summed E-state index contributed by atoms with van der Waals surface area (Å²) in [5.41, 5.74) is 7.22. The zero-order valence-corrected chi connectivity index (χ0v) is 25.1. The Morgan fingerprint density at radius 2 is 1.22 bits per heavy atom. The Balaban J connectivity index is 1.25. The predicted octanol–water partition coefficient (Wildman–Crippen LogP) is 10.7. The lowest BCUT2D eigenvalue weighted by molar-refractivity contribution is 0.669. The molecule has 0 unspecified atom stereocenters. The first-order valence-electron chi connectivity index (χ1n) is 14.9. The Labute approximate surface area is 267 Å². The lowest BCUT2D eigenvalue weighted by atomic mass is 9.99. The number of thiophene rings is 1. The van der Waals surface area contributed by atoms with E-state index in [0.717, 1.165) is 69.9 Å². The zero-order valence-electron chi connectivity index (χ0n) is 24.3. The fraction of sp³-hybridized carbons (Fsp3) is 0. The summed E-state index contributed by atoms with van der Waals surface area (Å²) in [4.78, 5) is 15.0. The third-order valence-corrected chi connectivity index (χ3v) is 9.58. The van der Waals surface area contributed by atoms with Gasteiger partial charge in [0.15, 0.2) is 17.5 Å². The molecule has 0 saturated heterocycles. The van der Waals surface area contributed by atoms with Gasteiger partial charge in [0, 0.05) is 47.6 Å². The van der Waals surface area contributed by atoms with Crippen LogP contribution in [0.4, 0.5) is 0 Å². The monoisotopic (exact) mass is 606 g/mol. The molecule has 3 heterocycles. The van der Waals surface area contributed by atoms with E-state index in [-0.39, 0.29) is 0 Å². The SMILES string of the molecule is N#Cc1ccc2c(c1)sc1c(-c3nc(-c4ccccc4)nc(-c4ccc5c(c4)oc4cccc(-c6ccccc6)c45)n3)cccc12. The van der Waals surface area contributed by atoms with Gasteiger partial charge in [-0.2, -0.15) is 5.26 Å². The van der Waals surface area contributed by atoms with Crippen LogP contribution >= 0.6 is 11.3 Å². The molecule has 0 aliphatic heterocycles. The predicted molar refractivity (Wildman–Crippen MR) is 186 cm³/mol. The highest BCUT2D eigenvalue weighted by Crippen LogP contribution is 2.41. The highest BCUT2D eigenvalue weighted by Gasteiger charge is 2.18. The molecule has 0 atom stereocenters. The maximum Gasteiger partial charge on any atom is 0.165 e. The third kappa shape index (κ3) is 4.26. The molecular formula is C40H22N4OS. The molecule has 0 aliphatic carbocycles. The van der Waals surface area contributed by atoms with Crippen LogP contribution in [0.15, 0.2) is 138 Å². The van der Waals surface area contributed by atoms with E-state index in [1.54, 1.807) is 11.3 Å². The molecule has 214 valence electrons. The van der Waals surface area contributed by atoms with Gasteiger partial charge in [-0.25, -0.2) is 15.0 Å². The summed E-state index contributed by atoms with van der Waals surface area (Å²) in [5.74, 6) is 1.76. The van der Waals surface area contributed by atoms with Gasteiger partial charge in [-0.3, -0.25) is 0 Å². The number of rotatable bonds is 4. The second-order valence-electron chi connectivity index (χ2n) is 11.1. The van der Waals surface area contributed by atoms with Crippen molar-refractivity contribution in [2.75, 3.05) is 0 Å². The van der Waals surface area contributed by atoms with E-state index in [4.69, 9.17) is 19.4 Å². The molecule has 0 aliphatic rings. The maximum atomic E-state index is 9.48. The Hall–Kier alpha value is -6.16. The smallest absolute Gasteiger partial charge is 0.165 e. The summed E-state index contributed by atoms with van der Waals surface area (Å²) in [7, 11) is 0. The highest BCUT2D eigenvalue weighted by molar-refractivity contribution is 7.26. The van der Waals surface area contributed by atoms with Crippen molar-refractivity contribution >= 4 is 53.4 Å². The summed E-state index contributed by atoms with van der Waals surface area (Å²) < 4.78 is 8.56. The van der Waals surface area contributed by atoms with Gasteiger partial charge in [0.1, 0.15) is 11.2 Å². The Bertz CT molecular complexity index is 2650. The van der Waals surface area contributed by atoms with Gasteiger partial charge in [0.05, 0.1) is 11.6 Å². The molecule has 9 rings (SSSR count). The average Bonchev–Trinajstić information content (AvgIpc) is 3.69. The number of hydrogen-bond acceptors (Lipinski definition) is 6. The summed E-state index contributed by atoms with van der Waals surface area (Å²) in [6.07, 6.45) is 0. The molecule has 3 aromatic heterocycles. The molecule has 5 nitrogen and oxygen atoms in total. The first kappa shape index (κ1) is 26.3. The molecule has 9 aromatic rings. The minimum atomic E-state index is 0.569. The minimum absolute atomic E-state index is 0.569. The zero-order chi connectivity index (χ0) is 30.6. The Morgan fingerprint density at radius 3 is 2.02 bits per heavy atom. The van der Waals surface area contributed by atoms with Gasteiger partial charge in [-0.15, -0.1) is 11.3 Å². The van der Waals surface area contributed by atoms with E-state index < -0.39 is 0 Å². The standard InChI is InChI=1S/C40H22N4OS/c41-23-24-17-19-29-30-14-7-15-32(37(30)46-35(29)21-24)40-43-38(26-11-5-2-6-12-26)42-39(44-40)27-18-20-31-34(22-27)45-33-16-8-13-28(36(31)33)25-9-3-1-4-10-25/h1-22H. The quantitative estimate of drug-likeness (QED) is 0.199. The Morgan fingerprint density at radius 1 is 0.522 bits per heavy atom. The van der Waals surface area contributed by atoms with Crippen molar-refractivity contribution in [3.05, 3.63) is 139 Å². The molecular weight excluding hydrogens is 585 g/mol. The van der Waals surface area contributed by atoms with E-state index in [1.165, 1.54) is 0 Å². The second-order valence-corrected chi connectivity index (χ2v) is 12.2.